The van der Waals surface area contributed by atoms with E-state index < -0.39 is 0 Å². The van der Waals surface area contributed by atoms with Crippen molar-refractivity contribution in [3.05, 3.63) is 69.1 Å². The van der Waals surface area contributed by atoms with Crippen molar-refractivity contribution in [3.8, 4) is 11.5 Å². The SMILES string of the molecule is COC1C=c2c(Nc3ccc(Br)cc3F)ncnc2=CC1OCc1ccc2c(c1)OCO2. The Morgan fingerprint density at radius 3 is 2.81 bits per heavy atom. The van der Waals surface area contributed by atoms with Crippen molar-refractivity contribution in [2.75, 3.05) is 19.2 Å². The van der Waals surface area contributed by atoms with Crippen LogP contribution in [-0.4, -0.2) is 36.1 Å². The van der Waals surface area contributed by atoms with Gasteiger partial charge in [-0.15, -0.1) is 0 Å². The van der Waals surface area contributed by atoms with E-state index in [0.29, 0.717) is 33.7 Å². The fourth-order valence-corrected chi connectivity index (χ4v) is 3.94. The number of rotatable bonds is 6. The minimum Gasteiger partial charge on any atom is -0.454 e. The number of benzene rings is 2. The Labute approximate surface area is 191 Å². The van der Waals surface area contributed by atoms with Crippen LogP contribution in [0.5, 0.6) is 11.5 Å². The molecule has 3 aromatic rings. The van der Waals surface area contributed by atoms with E-state index in [2.05, 4.69) is 31.2 Å². The van der Waals surface area contributed by atoms with Gasteiger partial charge in [0.2, 0.25) is 6.79 Å². The number of hydrogen-bond acceptors (Lipinski definition) is 7. The summed E-state index contributed by atoms with van der Waals surface area (Å²) in [6.07, 6.45) is 4.49. The van der Waals surface area contributed by atoms with Crippen LogP contribution in [0.4, 0.5) is 15.9 Å². The van der Waals surface area contributed by atoms with Gasteiger partial charge < -0.3 is 24.3 Å². The van der Waals surface area contributed by atoms with Crippen molar-refractivity contribution in [3.63, 3.8) is 0 Å². The van der Waals surface area contributed by atoms with Crippen LogP contribution >= 0.6 is 15.9 Å². The first kappa shape index (κ1) is 20.9. The van der Waals surface area contributed by atoms with Crippen molar-refractivity contribution in [2.24, 2.45) is 0 Å². The second kappa shape index (κ2) is 8.85. The van der Waals surface area contributed by atoms with Gasteiger partial charge in [-0.3, -0.25) is 0 Å². The highest BCUT2D eigenvalue weighted by atomic mass is 79.9. The molecule has 1 aliphatic heterocycles. The van der Waals surface area contributed by atoms with Crippen LogP contribution in [0, 0.1) is 5.82 Å². The second-order valence-electron chi connectivity index (χ2n) is 7.27. The summed E-state index contributed by atoms with van der Waals surface area (Å²) in [5.74, 6) is 1.54. The summed E-state index contributed by atoms with van der Waals surface area (Å²) >= 11 is 3.26. The topological polar surface area (TPSA) is 74.7 Å². The molecule has 32 heavy (non-hydrogen) atoms. The summed E-state index contributed by atoms with van der Waals surface area (Å²) in [6.45, 7) is 0.592. The van der Waals surface area contributed by atoms with Crippen LogP contribution in [-0.2, 0) is 16.1 Å². The quantitative estimate of drug-likeness (QED) is 0.558. The number of nitrogens with one attached hydrogen (secondary N) is 1. The van der Waals surface area contributed by atoms with Gasteiger partial charge in [-0.05, 0) is 48.0 Å². The molecule has 7 nitrogen and oxygen atoms in total. The highest BCUT2D eigenvalue weighted by molar-refractivity contribution is 9.10. The predicted octanol–water partition coefficient (Wildman–Crippen LogP) is 3.03. The molecule has 0 fully saturated rings. The molecule has 0 saturated carbocycles. The van der Waals surface area contributed by atoms with Crippen molar-refractivity contribution in [1.29, 1.82) is 0 Å². The molecule has 2 atom stereocenters. The van der Waals surface area contributed by atoms with Gasteiger partial charge in [0.1, 0.15) is 30.2 Å². The summed E-state index contributed by atoms with van der Waals surface area (Å²) in [6, 6.07) is 10.5. The number of aromatic nitrogens is 2. The molecule has 164 valence electrons. The molecule has 1 aromatic heterocycles. The number of hydrogen-bond donors (Lipinski definition) is 1. The normalized spacial score (nSPS) is 18.5. The van der Waals surface area contributed by atoms with Crippen LogP contribution in [0.15, 0.2) is 47.2 Å². The van der Waals surface area contributed by atoms with Gasteiger partial charge in [0, 0.05) is 16.8 Å². The van der Waals surface area contributed by atoms with E-state index in [1.165, 1.54) is 12.4 Å². The molecule has 2 aliphatic rings. The molecule has 1 N–H and O–H groups in total. The molecule has 2 unspecified atom stereocenters. The second-order valence-corrected chi connectivity index (χ2v) is 8.18. The van der Waals surface area contributed by atoms with E-state index in [0.717, 1.165) is 16.5 Å². The Kier molecular flexibility index (Phi) is 5.77. The molecular formula is C23H19BrFN3O4. The molecule has 1 aliphatic carbocycles. The molecule has 0 bridgehead atoms. The zero-order valence-corrected chi connectivity index (χ0v) is 18.6. The molecule has 0 saturated heterocycles. The Balaban J connectivity index is 1.40. The fourth-order valence-electron chi connectivity index (χ4n) is 3.60. The zero-order valence-electron chi connectivity index (χ0n) is 17.0. The van der Waals surface area contributed by atoms with E-state index >= 15 is 0 Å². The summed E-state index contributed by atoms with van der Waals surface area (Å²) in [4.78, 5) is 8.67. The van der Waals surface area contributed by atoms with Crippen LogP contribution in [0.3, 0.4) is 0 Å². The molecular weight excluding hydrogens is 481 g/mol. The van der Waals surface area contributed by atoms with Gasteiger partial charge in [-0.25, -0.2) is 14.4 Å². The molecule has 2 heterocycles. The van der Waals surface area contributed by atoms with Gasteiger partial charge in [0.15, 0.2) is 11.5 Å². The highest BCUT2D eigenvalue weighted by Gasteiger charge is 2.23. The lowest BCUT2D eigenvalue weighted by Crippen LogP contribution is -2.43. The zero-order chi connectivity index (χ0) is 22.1. The molecule has 9 heteroatoms. The van der Waals surface area contributed by atoms with Crippen LogP contribution in [0.1, 0.15) is 5.56 Å². The number of anilines is 2. The third kappa shape index (κ3) is 4.19. The van der Waals surface area contributed by atoms with Crippen molar-refractivity contribution >= 4 is 39.6 Å². The van der Waals surface area contributed by atoms with Crippen molar-refractivity contribution in [1.82, 2.24) is 9.97 Å². The first-order valence-corrected chi connectivity index (χ1v) is 10.7. The lowest BCUT2D eigenvalue weighted by atomic mass is 10.1. The molecule has 2 aromatic carbocycles. The lowest BCUT2D eigenvalue weighted by Gasteiger charge is -2.24. The maximum absolute atomic E-state index is 14.3. The summed E-state index contributed by atoms with van der Waals surface area (Å²) in [7, 11) is 1.61. The van der Waals surface area contributed by atoms with Crippen LogP contribution in [0.2, 0.25) is 0 Å². The van der Waals surface area contributed by atoms with Gasteiger partial charge >= 0.3 is 0 Å². The first-order valence-electron chi connectivity index (χ1n) is 9.90. The average Bonchev–Trinajstić information content (AvgIpc) is 3.27. The first-order chi connectivity index (χ1) is 15.6. The standard InChI is InChI=1S/C23H19BrFN3O4/c1-29-20-8-15-18(26-11-27-23(15)28-17-4-3-14(24)7-16(17)25)9-22(20)30-10-13-2-5-19-21(6-13)32-12-31-19/h2-9,11,20,22H,10,12H2,1H3,(H,26,27,28). The number of ether oxygens (including phenoxy) is 4. The molecule has 0 radical (unpaired) electrons. The molecule has 5 rings (SSSR count). The highest BCUT2D eigenvalue weighted by Crippen LogP contribution is 2.32. The van der Waals surface area contributed by atoms with Gasteiger partial charge in [-0.1, -0.05) is 22.0 Å². The summed E-state index contributed by atoms with van der Waals surface area (Å²) in [5, 5.41) is 4.46. The van der Waals surface area contributed by atoms with Gasteiger partial charge in [0.05, 0.1) is 17.6 Å². The van der Waals surface area contributed by atoms with Gasteiger partial charge in [-0.2, -0.15) is 0 Å². The van der Waals surface area contributed by atoms with E-state index in [1.807, 2.05) is 30.4 Å². The Morgan fingerprint density at radius 1 is 1.09 bits per heavy atom. The number of methoxy groups -OCH3 is 1. The van der Waals surface area contributed by atoms with E-state index in [4.69, 9.17) is 18.9 Å². The number of halogens is 2. The van der Waals surface area contributed by atoms with E-state index in [1.54, 1.807) is 19.2 Å². The Morgan fingerprint density at radius 2 is 1.97 bits per heavy atom. The van der Waals surface area contributed by atoms with Gasteiger partial charge in [0.25, 0.3) is 0 Å². The minimum absolute atomic E-state index is 0.230. The Hall–Kier alpha value is -3.01. The number of fused-ring (bicyclic) bond motifs is 2. The molecule has 0 spiro atoms. The largest absolute Gasteiger partial charge is 0.454 e. The van der Waals surface area contributed by atoms with E-state index in [9.17, 15) is 4.39 Å². The number of nitrogens with zero attached hydrogens (tertiary/aromatic N) is 2. The summed E-state index contributed by atoms with van der Waals surface area (Å²) in [5.41, 5.74) is 1.27. The molecule has 0 amide bonds. The maximum Gasteiger partial charge on any atom is 0.231 e. The lowest BCUT2D eigenvalue weighted by molar-refractivity contribution is -0.00373. The smallest absolute Gasteiger partial charge is 0.231 e. The monoisotopic (exact) mass is 499 g/mol. The average molecular weight is 500 g/mol. The predicted molar refractivity (Wildman–Crippen MR) is 120 cm³/mol. The summed E-state index contributed by atoms with van der Waals surface area (Å²) < 4.78 is 37.5. The van der Waals surface area contributed by atoms with Crippen molar-refractivity contribution < 1.29 is 23.3 Å². The van der Waals surface area contributed by atoms with E-state index in [-0.39, 0.29) is 24.8 Å². The van der Waals surface area contributed by atoms with Crippen molar-refractivity contribution in [2.45, 2.75) is 18.8 Å². The fraction of sp³-hybridized carbons (Fsp3) is 0.217. The minimum atomic E-state index is -0.389. The third-order valence-corrected chi connectivity index (χ3v) is 5.72. The Bertz CT molecular complexity index is 1290. The third-order valence-electron chi connectivity index (χ3n) is 5.23. The van der Waals surface area contributed by atoms with Crippen LogP contribution in [0.25, 0.3) is 12.2 Å². The maximum atomic E-state index is 14.3. The van der Waals surface area contributed by atoms with Crippen LogP contribution < -0.4 is 25.4 Å².